The summed E-state index contributed by atoms with van der Waals surface area (Å²) in [5.41, 5.74) is 0.869. The Balaban J connectivity index is 1.50. The lowest BCUT2D eigenvalue weighted by Crippen LogP contribution is -2.47. The van der Waals surface area contributed by atoms with Crippen LogP contribution in [0.1, 0.15) is 12.8 Å². The Bertz CT molecular complexity index is 849. The van der Waals surface area contributed by atoms with Gasteiger partial charge < -0.3 is 4.90 Å². The fourth-order valence-electron chi connectivity index (χ4n) is 3.19. The molecule has 7 heteroatoms. The maximum Gasteiger partial charge on any atom is 0.240 e. The summed E-state index contributed by atoms with van der Waals surface area (Å²) in [4.78, 5) is 16.5. The zero-order valence-electron chi connectivity index (χ0n) is 15.4. The van der Waals surface area contributed by atoms with Crippen LogP contribution in [0, 0.1) is 0 Å². The second kappa shape index (κ2) is 8.65. The molecule has 1 aliphatic heterocycles. The maximum absolute atomic E-state index is 12.5. The predicted octanol–water partition coefficient (Wildman–Crippen LogP) is 2.09. The average Bonchev–Trinajstić information content (AvgIpc) is 2.70. The van der Waals surface area contributed by atoms with E-state index in [1.807, 2.05) is 30.3 Å². The van der Waals surface area contributed by atoms with E-state index in [0.29, 0.717) is 32.5 Å². The van der Waals surface area contributed by atoms with E-state index in [1.54, 1.807) is 42.3 Å². The first kappa shape index (κ1) is 19.5. The second-order valence-electron chi connectivity index (χ2n) is 6.77. The molecule has 0 saturated carbocycles. The number of carbonyl (C=O) groups excluding carboxylic acids is 1. The number of likely N-dealkylation sites (N-methyl/N-ethyl adjacent to an activating group) is 1. The molecular weight excluding hydrogens is 362 g/mol. The van der Waals surface area contributed by atoms with Crippen molar-refractivity contribution in [1.29, 1.82) is 0 Å². The highest BCUT2D eigenvalue weighted by Crippen LogP contribution is 2.16. The van der Waals surface area contributed by atoms with Crippen LogP contribution in [0.4, 0.5) is 5.69 Å². The third kappa shape index (κ3) is 5.15. The van der Waals surface area contributed by atoms with Crippen LogP contribution < -0.4 is 9.62 Å². The lowest BCUT2D eigenvalue weighted by Gasteiger charge is -2.32. The van der Waals surface area contributed by atoms with Crippen LogP contribution in [0.5, 0.6) is 0 Å². The van der Waals surface area contributed by atoms with E-state index >= 15 is 0 Å². The number of sulfonamides is 1. The highest BCUT2D eigenvalue weighted by atomic mass is 32.2. The lowest BCUT2D eigenvalue weighted by atomic mass is 10.1. The van der Waals surface area contributed by atoms with Crippen LogP contribution in [-0.4, -0.2) is 51.9 Å². The molecule has 0 unspecified atom stereocenters. The zero-order chi connectivity index (χ0) is 19.3. The summed E-state index contributed by atoms with van der Waals surface area (Å²) < 4.78 is 27.6. The number of rotatable bonds is 6. The Morgan fingerprint density at radius 3 is 2.19 bits per heavy atom. The second-order valence-corrected chi connectivity index (χ2v) is 8.49. The molecule has 0 spiro atoms. The van der Waals surface area contributed by atoms with E-state index in [2.05, 4.69) is 9.62 Å². The topological polar surface area (TPSA) is 69.7 Å². The molecule has 0 bridgehead atoms. The van der Waals surface area contributed by atoms with Crippen LogP contribution in [0.2, 0.25) is 0 Å². The summed E-state index contributed by atoms with van der Waals surface area (Å²) in [6.07, 6.45) is 1.38. The summed E-state index contributed by atoms with van der Waals surface area (Å²) >= 11 is 0. The minimum absolute atomic E-state index is 0.0320. The van der Waals surface area contributed by atoms with Gasteiger partial charge in [0.15, 0.2) is 0 Å². The highest BCUT2D eigenvalue weighted by molar-refractivity contribution is 7.89. The van der Waals surface area contributed by atoms with Gasteiger partial charge >= 0.3 is 0 Å². The number of likely N-dealkylation sites (tertiary alicyclic amines) is 1. The van der Waals surface area contributed by atoms with E-state index in [1.165, 1.54) is 0 Å². The van der Waals surface area contributed by atoms with Crippen molar-refractivity contribution >= 4 is 21.6 Å². The first-order valence-corrected chi connectivity index (χ1v) is 10.6. The number of nitrogens with zero attached hydrogens (tertiary/aromatic N) is 2. The number of carbonyl (C=O) groups is 1. The third-order valence-electron chi connectivity index (χ3n) is 4.84. The van der Waals surface area contributed by atoms with Crippen molar-refractivity contribution in [2.75, 3.05) is 31.6 Å². The Kier molecular flexibility index (Phi) is 6.26. The number of hydrogen-bond acceptors (Lipinski definition) is 4. The van der Waals surface area contributed by atoms with Crippen molar-refractivity contribution in [2.24, 2.45) is 0 Å². The van der Waals surface area contributed by atoms with Crippen molar-refractivity contribution in [1.82, 2.24) is 9.62 Å². The number of para-hydroxylation sites is 1. The first-order chi connectivity index (χ1) is 13.0. The number of benzene rings is 2. The largest absolute Gasteiger partial charge is 0.314 e. The van der Waals surface area contributed by atoms with Gasteiger partial charge in [-0.3, -0.25) is 9.69 Å². The van der Waals surface area contributed by atoms with Gasteiger partial charge in [-0.25, -0.2) is 13.1 Å². The van der Waals surface area contributed by atoms with Crippen LogP contribution in [0.25, 0.3) is 0 Å². The van der Waals surface area contributed by atoms with Crippen molar-refractivity contribution in [2.45, 2.75) is 23.8 Å². The van der Waals surface area contributed by atoms with Crippen LogP contribution in [0.15, 0.2) is 65.6 Å². The fourth-order valence-corrected chi connectivity index (χ4v) is 4.52. The van der Waals surface area contributed by atoms with Gasteiger partial charge in [-0.2, -0.15) is 0 Å². The molecule has 1 saturated heterocycles. The van der Waals surface area contributed by atoms with Gasteiger partial charge in [0.05, 0.1) is 11.4 Å². The zero-order valence-corrected chi connectivity index (χ0v) is 16.2. The predicted molar refractivity (Wildman–Crippen MR) is 106 cm³/mol. The lowest BCUT2D eigenvalue weighted by molar-refractivity contribution is -0.119. The SMILES string of the molecule is CN(C(=O)CN1CCC(NS(=O)(=O)c2ccccc2)CC1)c1ccccc1. The van der Waals surface area contributed by atoms with E-state index < -0.39 is 10.0 Å². The van der Waals surface area contributed by atoms with Gasteiger partial charge in [0.1, 0.15) is 0 Å². The number of nitrogens with one attached hydrogen (secondary N) is 1. The van der Waals surface area contributed by atoms with E-state index in [0.717, 1.165) is 5.69 Å². The van der Waals surface area contributed by atoms with Crippen LogP contribution in [-0.2, 0) is 14.8 Å². The molecule has 1 fully saturated rings. The Morgan fingerprint density at radius 2 is 1.59 bits per heavy atom. The van der Waals surface area contributed by atoms with Gasteiger partial charge in [0, 0.05) is 31.9 Å². The molecule has 0 aromatic heterocycles. The minimum atomic E-state index is -3.49. The van der Waals surface area contributed by atoms with Gasteiger partial charge in [0.2, 0.25) is 15.9 Å². The molecule has 1 amide bonds. The van der Waals surface area contributed by atoms with Crippen molar-refractivity contribution in [3.8, 4) is 0 Å². The number of hydrogen-bond donors (Lipinski definition) is 1. The van der Waals surface area contributed by atoms with E-state index in [9.17, 15) is 13.2 Å². The summed E-state index contributed by atoms with van der Waals surface area (Å²) in [5, 5.41) is 0. The standard InChI is InChI=1S/C20H25N3O3S/c1-22(18-8-4-2-5-9-18)20(24)16-23-14-12-17(13-15-23)21-27(25,26)19-10-6-3-7-11-19/h2-11,17,21H,12-16H2,1H3. The molecule has 0 aliphatic carbocycles. The van der Waals surface area contributed by atoms with Gasteiger partial charge in [-0.05, 0) is 37.1 Å². The summed E-state index contributed by atoms with van der Waals surface area (Å²) in [5.74, 6) is 0.0320. The summed E-state index contributed by atoms with van der Waals surface area (Å²) in [6, 6.07) is 17.8. The maximum atomic E-state index is 12.5. The quantitative estimate of drug-likeness (QED) is 0.824. The third-order valence-corrected chi connectivity index (χ3v) is 6.38. The Hall–Kier alpha value is -2.22. The normalized spacial score (nSPS) is 16.2. The number of piperidine rings is 1. The molecule has 6 nitrogen and oxygen atoms in total. The van der Waals surface area contributed by atoms with Gasteiger partial charge in [-0.1, -0.05) is 36.4 Å². The first-order valence-electron chi connectivity index (χ1n) is 9.07. The molecule has 144 valence electrons. The number of amides is 1. The van der Waals surface area contributed by atoms with E-state index in [4.69, 9.17) is 0 Å². The molecular formula is C20H25N3O3S. The van der Waals surface area contributed by atoms with Crippen molar-refractivity contribution in [3.63, 3.8) is 0 Å². The molecule has 1 heterocycles. The van der Waals surface area contributed by atoms with Crippen LogP contribution in [0.3, 0.4) is 0 Å². The molecule has 3 rings (SSSR count). The van der Waals surface area contributed by atoms with Crippen molar-refractivity contribution < 1.29 is 13.2 Å². The molecule has 27 heavy (non-hydrogen) atoms. The van der Waals surface area contributed by atoms with E-state index in [-0.39, 0.29) is 16.8 Å². The average molecular weight is 388 g/mol. The fraction of sp³-hybridized carbons (Fsp3) is 0.350. The van der Waals surface area contributed by atoms with Crippen molar-refractivity contribution in [3.05, 3.63) is 60.7 Å². The molecule has 2 aromatic carbocycles. The Morgan fingerprint density at radius 1 is 1.04 bits per heavy atom. The minimum Gasteiger partial charge on any atom is -0.314 e. The molecule has 1 aliphatic rings. The molecule has 0 radical (unpaired) electrons. The smallest absolute Gasteiger partial charge is 0.240 e. The summed E-state index contributed by atoms with van der Waals surface area (Å²) in [7, 11) is -1.72. The monoisotopic (exact) mass is 387 g/mol. The molecule has 1 N–H and O–H groups in total. The summed E-state index contributed by atoms with van der Waals surface area (Å²) in [6.45, 7) is 1.72. The number of anilines is 1. The van der Waals surface area contributed by atoms with Crippen LogP contribution >= 0.6 is 0 Å². The Labute approximate surface area is 160 Å². The van der Waals surface area contributed by atoms with Gasteiger partial charge in [0.25, 0.3) is 0 Å². The van der Waals surface area contributed by atoms with Gasteiger partial charge in [-0.15, -0.1) is 0 Å². The molecule has 2 aromatic rings. The molecule has 0 atom stereocenters. The highest BCUT2D eigenvalue weighted by Gasteiger charge is 2.26.